The topological polar surface area (TPSA) is 46.1 Å². The van der Waals surface area contributed by atoms with Gasteiger partial charge in [0.15, 0.2) is 10.6 Å². The molecule has 1 aromatic carbocycles. The first-order chi connectivity index (χ1) is 6.98. The van der Waals surface area contributed by atoms with Crippen LogP contribution in [0.15, 0.2) is 23.1 Å². The molecule has 2 atom stereocenters. The number of hydroxylamine groups is 3. The fourth-order valence-electron chi connectivity index (χ4n) is 1.88. The second-order valence-electron chi connectivity index (χ2n) is 4.34. The normalized spacial score (nSPS) is 30.8. The van der Waals surface area contributed by atoms with Crippen LogP contribution in [0.4, 0.5) is 0 Å². The van der Waals surface area contributed by atoms with Crippen LogP contribution in [0.25, 0.3) is 0 Å². The molecule has 2 unspecified atom stereocenters. The molecule has 0 N–H and O–H groups in total. The Hall–Kier alpha value is -0.550. The largest absolute Gasteiger partial charge is 0.633 e. The number of nitrogens with zero attached hydrogens (tertiary/aromatic N) is 1. The van der Waals surface area contributed by atoms with E-state index in [1.165, 1.54) is 0 Å². The highest BCUT2D eigenvalue weighted by atomic mass is 32.2. The minimum atomic E-state index is -1.00. The summed E-state index contributed by atoms with van der Waals surface area (Å²) < 4.78 is 11.5. The monoisotopic (exact) mass is 225 g/mol. The van der Waals surface area contributed by atoms with Gasteiger partial charge in [-0.3, -0.25) is 0 Å². The van der Waals surface area contributed by atoms with Gasteiger partial charge in [0.05, 0.1) is 12.6 Å². The summed E-state index contributed by atoms with van der Waals surface area (Å²) in [6.45, 7) is 2.85. The van der Waals surface area contributed by atoms with Crippen LogP contribution in [0.1, 0.15) is 11.1 Å². The molecule has 0 bridgehead atoms. The van der Waals surface area contributed by atoms with E-state index in [2.05, 4.69) is 0 Å². The molecule has 1 aliphatic rings. The Bertz CT molecular complexity index is 379. The maximum atomic E-state index is 12.0. The molecular weight excluding hydrogens is 210 g/mol. The zero-order valence-corrected chi connectivity index (χ0v) is 9.84. The van der Waals surface area contributed by atoms with Crippen molar-refractivity contribution >= 4 is 11.2 Å². The number of aryl methyl sites for hydroxylation is 1. The second-order valence-corrected chi connectivity index (χ2v) is 5.88. The first-order valence-corrected chi connectivity index (χ1v) is 6.33. The molecule has 0 amide bonds. The Kier molecular flexibility index (Phi) is 2.77. The summed E-state index contributed by atoms with van der Waals surface area (Å²) in [6.07, 6.45) is 0. The Morgan fingerprint density at radius 3 is 2.87 bits per heavy atom. The predicted molar refractivity (Wildman–Crippen MR) is 60.6 cm³/mol. The smallest absolute Gasteiger partial charge is 0.161 e. The molecule has 1 aromatic rings. The average molecular weight is 225 g/mol. The van der Waals surface area contributed by atoms with Crippen molar-refractivity contribution in [3.63, 3.8) is 0 Å². The van der Waals surface area contributed by atoms with Crippen LogP contribution in [0.2, 0.25) is 0 Å². The summed E-state index contributed by atoms with van der Waals surface area (Å²) in [5, 5.41) is 12.0. The van der Waals surface area contributed by atoms with Gasteiger partial charge in [-0.1, -0.05) is 11.6 Å². The molecule has 0 fully saturated rings. The van der Waals surface area contributed by atoms with Crippen molar-refractivity contribution in [2.24, 2.45) is 0 Å². The number of hydrogen-bond donors (Lipinski definition) is 0. The quantitative estimate of drug-likeness (QED) is 0.382. The maximum absolute atomic E-state index is 12.0. The van der Waals surface area contributed by atoms with Crippen LogP contribution < -0.4 is 0 Å². The highest BCUT2D eigenvalue weighted by Crippen LogP contribution is 2.25. The van der Waals surface area contributed by atoms with Gasteiger partial charge < -0.3 is 14.4 Å². The Balaban J connectivity index is 2.45. The number of rotatable bonds is 0. The van der Waals surface area contributed by atoms with Crippen LogP contribution in [-0.4, -0.2) is 28.5 Å². The number of hydrogen-bond acceptors (Lipinski definition) is 2. The van der Waals surface area contributed by atoms with Crippen molar-refractivity contribution in [1.29, 1.82) is 0 Å². The third kappa shape index (κ3) is 2.34. The van der Waals surface area contributed by atoms with Crippen molar-refractivity contribution in [2.45, 2.75) is 18.4 Å². The molecule has 1 aliphatic heterocycles. The summed E-state index contributed by atoms with van der Waals surface area (Å²) in [5.74, 6) is 0.468. The highest BCUT2D eigenvalue weighted by Gasteiger charge is 2.27. The summed E-state index contributed by atoms with van der Waals surface area (Å²) in [5.41, 5.74) is 2.07. The van der Waals surface area contributed by atoms with Gasteiger partial charge >= 0.3 is 0 Å². The Labute approximate surface area is 93.1 Å². The van der Waals surface area contributed by atoms with Crippen LogP contribution >= 0.6 is 0 Å². The van der Waals surface area contributed by atoms with Gasteiger partial charge in [0.2, 0.25) is 0 Å². The molecule has 0 spiro atoms. The van der Waals surface area contributed by atoms with Crippen LogP contribution in [0.3, 0.4) is 0 Å². The lowest BCUT2D eigenvalue weighted by Crippen LogP contribution is -2.38. The molecule has 2 rings (SSSR count). The molecule has 0 radical (unpaired) electrons. The van der Waals surface area contributed by atoms with E-state index in [9.17, 15) is 9.76 Å². The fraction of sp³-hybridized carbons (Fsp3) is 0.455. The lowest BCUT2D eigenvalue weighted by molar-refractivity contribution is -0.871. The zero-order chi connectivity index (χ0) is 11.1. The minimum absolute atomic E-state index is 0.317. The van der Waals surface area contributed by atoms with E-state index in [-0.39, 0.29) is 4.65 Å². The third-order valence-electron chi connectivity index (χ3n) is 2.72. The lowest BCUT2D eigenvalue weighted by Gasteiger charge is -2.36. The van der Waals surface area contributed by atoms with Crippen molar-refractivity contribution < 1.29 is 9.20 Å². The van der Waals surface area contributed by atoms with Gasteiger partial charge in [0, 0.05) is 0 Å². The van der Waals surface area contributed by atoms with E-state index in [0.717, 1.165) is 16.0 Å². The number of quaternary nitrogens is 1. The van der Waals surface area contributed by atoms with Gasteiger partial charge in [-0.2, -0.15) is 0 Å². The Morgan fingerprint density at radius 1 is 1.40 bits per heavy atom. The first-order valence-electron chi connectivity index (χ1n) is 5.01. The maximum Gasteiger partial charge on any atom is 0.161 e. The van der Waals surface area contributed by atoms with Gasteiger partial charge in [0.25, 0.3) is 0 Å². The van der Waals surface area contributed by atoms with E-state index >= 15 is 0 Å². The van der Waals surface area contributed by atoms with Gasteiger partial charge in [0.1, 0.15) is 13.1 Å². The molecule has 1 heterocycles. The van der Waals surface area contributed by atoms with Crippen molar-refractivity contribution in [2.75, 3.05) is 19.3 Å². The van der Waals surface area contributed by atoms with E-state index in [0.29, 0.717) is 18.8 Å². The van der Waals surface area contributed by atoms with Crippen molar-refractivity contribution in [3.05, 3.63) is 34.5 Å². The van der Waals surface area contributed by atoms with Gasteiger partial charge in [-0.05, 0) is 30.2 Å². The van der Waals surface area contributed by atoms with Crippen molar-refractivity contribution in [1.82, 2.24) is 0 Å². The molecule has 15 heavy (non-hydrogen) atoms. The molecule has 0 aliphatic carbocycles. The van der Waals surface area contributed by atoms with Crippen LogP contribution in [-0.2, 0) is 17.7 Å². The van der Waals surface area contributed by atoms with E-state index in [1.54, 1.807) is 7.05 Å². The summed E-state index contributed by atoms with van der Waals surface area (Å²) >= 11 is -1.00. The first kappa shape index (κ1) is 11.0. The standard InChI is InChI=1S/C11H15NO2S/c1-9-3-4-11-10(7-9)8-12(2,13)5-6-15(11)14/h3-4,7H,5-6,8H2,1-2H3. The van der Waals surface area contributed by atoms with Gasteiger partial charge in [-0.15, -0.1) is 0 Å². The number of benzene rings is 1. The molecule has 4 heteroatoms. The minimum Gasteiger partial charge on any atom is -0.633 e. The average Bonchev–Trinajstić information content (AvgIpc) is 2.23. The third-order valence-corrected chi connectivity index (χ3v) is 4.16. The SMILES string of the molecule is Cc1ccc2c(c1)C[N+](C)([O-])CC[S+]2[O-]. The second kappa shape index (κ2) is 3.79. The Morgan fingerprint density at radius 2 is 2.13 bits per heavy atom. The summed E-state index contributed by atoms with van der Waals surface area (Å²) in [6, 6.07) is 5.83. The summed E-state index contributed by atoms with van der Waals surface area (Å²) in [4.78, 5) is 0.846. The van der Waals surface area contributed by atoms with Gasteiger partial charge in [-0.25, -0.2) is 0 Å². The molecule has 0 aromatic heterocycles. The highest BCUT2D eigenvalue weighted by molar-refractivity contribution is 7.91. The molecule has 0 saturated heterocycles. The molecule has 3 nitrogen and oxygen atoms in total. The van der Waals surface area contributed by atoms with Crippen molar-refractivity contribution in [3.8, 4) is 0 Å². The molecule has 82 valence electrons. The number of fused-ring (bicyclic) bond motifs is 1. The fourth-order valence-corrected chi connectivity index (χ4v) is 3.29. The van der Waals surface area contributed by atoms with E-state index < -0.39 is 11.2 Å². The summed E-state index contributed by atoms with van der Waals surface area (Å²) in [7, 11) is 1.65. The van der Waals surface area contributed by atoms with E-state index in [1.807, 2.05) is 25.1 Å². The molecular formula is C11H15NO2S. The molecule has 0 saturated carbocycles. The van der Waals surface area contributed by atoms with Crippen LogP contribution in [0.5, 0.6) is 0 Å². The lowest BCUT2D eigenvalue weighted by atomic mass is 10.1. The zero-order valence-electron chi connectivity index (χ0n) is 9.03. The van der Waals surface area contributed by atoms with Crippen LogP contribution in [0, 0.1) is 12.1 Å². The predicted octanol–water partition coefficient (Wildman–Crippen LogP) is 1.56. The van der Waals surface area contributed by atoms with E-state index in [4.69, 9.17) is 0 Å².